The van der Waals surface area contributed by atoms with Crippen LogP contribution in [0.4, 0.5) is 17.6 Å². The summed E-state index contributed by atoms with van der Waals surface area (Å²) < 4.78 is 83.8. The topological polar surface area (TPSA) is 92.7 Å². The van der Waals surface area contributed by atoms with E-state index in [0.717, 1.165) is 18.2 Å². The predicted octanol–water partition coefficient (Wildman–Crippen LogP) is 4.47. The minimum Gasteiger partial charge on any atom is -0.482 e. The van der Waals surface area contributed by atoms with Gasteiger partial charge < -0.3 is 9.84 Å². The monoisotopic (exact) mass is 539 g/mol. The van der Waals surface area contributed by atoms with Gasteiger partial charge >= 0.3 is 12.1 Å². The molecule has 0 aromatic heterocycles. The van der Waals surface area contributed by atoms with Crippen LogP contribution in [0.3, 0.4) is 0 Å². The van der Waals surface area contributed by atoms with Crippen LogP contribution in [0.25, 0.3) is 0 Å². The summed E-state index contributed by atoms with van der Waals surface area (Å²) in [6, 6.07) is 4.11. The van der Waals surface area contributed by atoms with Crippen molar-refractivity contribution in [2.75, 3.05) is 12.5 Å². The number of benzene rings is 2. The Balaban J connectivity index is 1.84. The van der Waals surface area contributed by atoms with Gasteiger partial charge in [0, 0.05) is 16.6 Å². The third kappa shape index (κ3) is 5.78. The molecular formula is C20H18BrF4NO5S. The van der Waals surface area contributed by atoms with Gasteiger partial charge in [-0.15, -0.1) is 0 Å². The molecule has 1 aliphatic rings. The van der Waals surface area contributed by atoms with Crippen LogP contribution >= 0.6 is 15.9 Å². The Labute approximate surface area is 189 Å². The lowest BCUT2D eigenvalue weighted by atomic mass is 9.87. The van der Waals surface area contributed by atoms with E-state index in [0.29, 0.717) is 36.5 Å². The number of carbonyl (C=O) groups is 1. The lowest BCUT2D eigenvalue weighted by Crippen LogP contribution is -2.30. The highest BCUT2D eigenvalue weighted by Crippen LogP contribution is 2.37. The SMILES string of the molecule is O=C(O)COc1cc(F)cc2c1CCCC2NCS(=O)(=O)c1cc(Br)cc(C(F)(F)F)c1. The molecule has 0 spiro atoms. The van der Waals surface area contributed by atoms with Crippen molar-refractivity contribution in [3.63, 3.8) is 0 Å². The third-order valence-electron chi connectivity index (χ3n) is 4.93. The summed E-state index contributed by atoms with van der Waals surface area (Å²) >= 11 is 2.91. The van der Waals surface area contributed by atoms with Crippen molar-refractivity contribution in [2.45, 2.75) is 36.4 Å². The molecule has 0 aliphatic heterocycles. The maximum absolute atomic E-state index is 14.1. The molecule has 1 aliphatic carbocycles. The molecule has 0 fully saturated rings. The van der Waals surface area contributed by atoms with E-state index in [1.807, 2.05) is 0 Å². The zero-order chi connectivity index (χ0) is 23.7. The summed E-state index contributed by atoms with van der Waals surface area (Å²) in [6.45, 7) is -0.660. The lowest BCUT2D eigenvalue weighted by Gasteiger charge is -2.28. The molecule has 3 rings (SSSR count). The minimum absolute atomic E-state index is 0.0313. The molecule has 1 unspecified atom stereocenters. The van der Waals surface area contributed by atoms with Gasteiger partial charge in [0.25, 0.3) is 0 Å². The standard InChI is InChI=1S/C20H18BrF4NO5S/c21-12-4-11(20(23,24)25)5-14(6-12)32(29,30)10-26-17-3-1-2-15-16(17)7-13(22)8-18(15)31-9-19(27)28/h4-8,17,26H,1-3,9-10H2,(H,27,28). The minimum atomic E-state index is -4.71. The molecule has 0 saturated heterocycles. The van der Waals surface area contributed by atoms with E-state index in [4.69, 9.17) is 9.84 Å². The molecule has 0 amide bonds. The quantitative estimate of drug-likeness (QED) is 0.504. The fraction of sp³-hybridized carbons (Fsp3) is 0.350. The first-order valence-corrected chi connectivity index (χ1v) is 11.8. The number of sulfone groups is 1. The number of alkyl halides is 3. The highest BCUT2D eigenvalue weighted by Gasteiger charge is 2.33. The van der Waals surface area contributed by atoms with Crippen LogP contribution in [0.15, 0.2) is 39.7 Å². The van der Waals surface area contributed by atoms with Crippen LogP contribution in [0.1, 0.15) is 35.6 Å². The first-order valence-electron chi connectivity index (χ1n) is 9.37. The molecule has 12 heteroatoms. The van der Waals surface area contributed by atoms with Gasteiger partial charge in [-0.05, 0) is 54.7 Å². The van der Waals surface area contributed by atoms with Crippen molar-refractivity contribution < 1.29 is 40.6 Å². The third-order valence-corrected chi connectivity index (χ3v) is 6.89. The van der Waals surface area contributed by atoms with Crippen LogP contribution in [0.2, 0.25) is 0 Å². The van der Waals surface area contributed by atoms with Crippen molar-refractivity contribution in [2.24, 2.45) is 0 Å². The van der Waals surface area contributed by atoms with Gasteiger partial charge in [-0.1, -0.05) is 15.9 Å². The zero-order valence-electron chi connectivity index (χ0n) is 16.4. The van der Waals surface area contributed by atoms with Crippen LogP contribution in [-0.4, -0.2) is 32.0 Å². The number of aliphatic carboxylic acids is 1. The average Bonchev–Trinajstić information content (AvgIpc) is 2.69. The molecule has 2 aromatic rings. The Morgan fingerprint density at radius 1 is 1.22 bits per heavy atom. The Bertz CT molecular complexity index is 1140. The molecule has 2 N–H and O–H groups in total. The van der Waals surface area contributed by atoms with E-state index < -0.39 is 56.8 Å². The molecule has 6 nitrogen and oxygen atoms in total. The number of carboxylic acid groups (broad SMARTS) is 1. The van der Waals surface area contributed by atoms with Gasteiger partial charge in [0.2, 0.25) is 0 Å². The number of rotatable bonds is 7. The van der Waals surface area contributed by atoms with Gasteiger partial charge in [-0.25, -0.2) is 17.6 Å². The second-order valence-electron chi connectivity index (χ2n) is 7.24. The summed E-state index contributed by atoms with van der Waals surface area (Å²) in [7, 11) is -4.15. The highest BCUT2D eigenvalue weighted by molar-refractivity contribution is 9.10. The van der Waals surface area contributed by atoms with Crippen LogP contribution in [0, 0.1) is 5.82 Å². The molecule has 0 heterocycles. The molecule has 2 aromatic carbocycles. The summed E-state index contributed by atoms with van der Waals surface area (Å²) in [4.78, 5) is 10.3. The predicted molar refractivity (Wildman–Crippen MR) is 110 cm³/mol. The van der Waals surface area contributed by atoms with Gasteiger partial charge in [0.1, 0.15) is 17.4 Å². The molecular weight excluding hydrogens is 522 g/mol. The van der Waals surface area contributed by atoms with E-state index in [1.54, 1.807) is 0 Å². The highest BCUT2D eigenvalue weighted by atomic mass is 79.9. The maximum atomic E-state index is 14.1. The first-order chi connectivity index (χ1) is 14.9. The number of fused-ring (bicyclic) bond motifs is 1. The summed E-state index contributed by atoms with van der Waals surface area (Å²) in [5, 5.41) is 11.6. The molecule has 0 saturated carbocycles. The van der Waals surface area contributed by atoms with Gasteiger partial charge in [0.15, 0.2) is 16.4 Å². The van der Waals surface area contributed by atoms with E-state index in [-0.39, 0.29) is 10.2 Å². The summed E-state index contributed by atoms with van der Waals surface area (Å²) in [5.41, 5.74) is -0.108. The fourth-order valence-corrected chi connectivity index (χ4v) is 5.37. The number of ether oxygens (including phenoxy) is 1. The summed E-state index contributed by atoms with van der Waals surface area (Å²) in [5.74, 6) is -2.51. The number of hydrogen-bond donors (Lipinski definition) is 2. The normalized spacial score (nSPS) is 16.5. The van der Waals surface area contributed by atoms with Crippen molar-refractivity contribution in [1.82, 2.24) is 5.32 Å². The molecule has 174 valence electrons. The molecule has 1 atom stereocenters. The van der Waals surface area contributed by atoms with Gasteiger partial charge in [0.05, 0.1) is 10.5 Å². The number of hydrogen-bond acceptors (Lipinski definition) is 5. The van der Waals surface area contributed by atoms with Crippen LogP contribution in [-0.2, 0) is 27.2 Å². The van der Waals surface area contributed by atoms with Crippen molar-refractivity contribution >= 4 is 31.7 Å². The molecule has 32 heavy (non-hydrogen) atoms. The maximum Gasteiger partial charge on any atom is 0.416 e. The van der Waals surface area contributed by atoms with Crippen LogP contribution < -0.4 is 10.1 Å². The second kappa shape index (κ2) is 9.36. The van der Waals surface area contributed by atoms with E-state index in [9.17, 15) is 30.8 Å². The Hall–Kier alpha value is -2.18. The Morgan fingerprint density at radius 3 is 2.59 bits per heavy atom. The van der Waals surface area contributed by atoms with Gasteiger partial charge in [-0.3, -0.25) is 5.32 Å². The zero-order valence-corrected chi connectivity index (χ0v) is 18.8. The molecule has 0 radical (unpaired) electrons. The number of nitrogens with one attached hydrogen (secondary N) is 1. The smallest absolute Gasteiger partial charge is 0.416 e. The Kier molecular flexibility index (Phi) is 7.15. The fourth-order valence-electron chi connectivity index (χ4n) is 3.53. The van der Waals surface area contributed by atoms with Crippen molar-refractivity contribution in [1.29, 1.82) is 0 Å². The number of carboxylic acids is 1. The van der Waals surface area contributed by atoms with E-state index >= 15 is 0 Å². The largest absolute Gasteiger partial charge is 0.482 e. The first kappa shape index (κ1) is 24.5. The Morgan fingerprint density at radius 2 is 1.94 bits per heavy atom. The van der Waals surface area contributed by atoms with Gasteiger partial charge in [-0.2, -0.15) is 13.2 Å². The summed E-state index contributed by atoms with van der Waals surface area (Å²) in [6.07, 6.45) is -3.19. The van der Waals surface area contributed by atoms with Crippen molar-refractivity contribution in [3.05, 3.63) is 57.3 Å². The number of halogens is 5. The van der Waals surface area contributed by atoms with Crippen molar-refractivity contribution in [3.8, 4) is 5.75 Å². The van der Waals surface area contributed by atoms with E-state index in [2.05, 4.69) is 21.2 Å². The molecule has 0 bridgehead atoms. The lowest BCUT2D eigenvalue weighted by molar-refractivity contribution is -0.139. The van der Waals surface area contributed by atoms with Crippen LogP contribution in [0.5, 0.6) is 5.75 Å². The van der Waals surface area contributed by atoms with E-state index in [1.165, 1.54) is 6.07 Å². The second-order valence-corrected chi connectivity index (χ2v) is 10.1. The average molecular weight is 540 g/mol.